The first-order valence-electron chi connectivity index (χ1n) is 6.90. The van der Waals surface area contributed by atoms with Crippen molar-refractivity contribution in [3.8, 4) is 5.75 Å². The molecule has 0 aliphatic carbocycles. The highest BCUT2D eigenvalue weighted by Gasteiger charge is 2.30. The molecule has 0 saturated carbocycles. The third-order valence-electron chi connectivity index (χ3n) is 3.14. The largest absolute Gasteiger partial charge is 0.573 e. The molecule has 0 amide bonds. The monoisotopic (exact) mass is 309 g/mol. The lowest BCUT2D eigenvalue weighted by molar-refractivity contribution is -0.274. The van der Waals surface area contributed by atoms with Gasteiger partial charge in [0.1, 0.15) is 5.75 Å². The molecule has 0 aliphatic rings. The normalized spacial score (nSPS) is 11.7. The van der Waals surface area contributed by atoms with Gasteiger partial charge < -0.3 is 4.74 Å². The maximum absolute atomic E-state index is 12.1. The third kappa shape index (κ3) is 5.41. The minimum Gasteiger partial charge on any atom is -0.406 e. The van der Waals surface area contributed by atoms with Crippen molar-refractivity contribution in [3.63, 3.8) is 0 Å². The second-order valence-electron chi connectivity index (χ2n) is 5.35. The number of aryl methyl sites for hydroxylation is 1. The number of hydrogen-bond acceptors (Lipinski definition) is 2. The van der Waals surface area contributed by atoms with Gasteiger partial charge in [0.25, 0.3) is 0 Å². The number of hydrogen-bond donors (Lipinski definition) is 0. The van der Waals surface area contributed by atoms with Crippen molar-refractivity contribution in [1.82, 2.24) is 4.90 Å². The van der Waals surface area contributed by atoms with E-state index >= 15 is 0 Å². The van der Waals surface area contributed by atoms with E-state index in [0.29, 0.717) is 6.54 Å². The van der Waals surface area contributed by atoms with E-state index in [4.69, 9.17) is 0 Å². The van der Waals surface area contributed by atoms with Crippen LogP contribution in [0.3, 0.4) is 0 Å². The highest BCUT2D eigenvalue weighted by molar-refractivity contribution is 5.27. The Morgan fingerprint density at radius 1 is 0.955 bits per heavy atom. The van der Waals surface area contributed by atoms with Crippen LogP contribution in [0.5, 0.6) is 5.75 Å². The summed E-state index contributed by atoms with van der Waals surface area (Å²) in [5.41, 5.74) is 3.35. The van der Waals surface area contributed by atoms with Gasteiger partial charge in [-0.1, -0.05) is 42.0 Å². The van der Waals surface area contributed by atoms with Crippen LogP contribution in [0.25, 0.3) is 0 Å². The van der Waals surface area contributed by atoms with Crippen molar-refractivity contribution < 1.29 is 17.9 Å². The predicted molar refractivity (Wildman–Crippen MR) is 79.5 cm³/mol. The van der Waals surface area contributed by atoms with Gasteiger partial charge in [0.2, 0.25) is 0 Å². The summed E-state index contributed by atoms with van der Waals surface area (Å²) in [5.74, 6) is -0.197. The van der Waals surface area contributed by atoms with Gasteiger partial charge in [-0.15, -0.1) is 13.2 Å². The summed E-state index contributed by atoms with van der Waals surface area (Å²) in [7, 11) is 1.97. The molecule has 5 heteroatoms. The number of halogens is 3. The summed E-state index contributed by atoms with van der Waals surface area (Å²) in [6.45, 7) is 3.48. The first-order chi connectivity index (χ1) is 10.3. The number of benzene rings is 2. The maximum Gasteiger partial charge on any atom is 0.573 e. The zero-order chi connectivity index (χ0) is 16.2. The smallest absolute Gasteiger partial charge is 0.406 e. The summed E-state index contributed by atoms with van der Waals surface area (Å²) >= 11 is 0. The zero-order valence-corrected chi connectivity index (χ0v) is 12.5. The van der Waals surface area contributed by atoms with Crippen LogP contribution in [0.15, 0.2) is 48.5 Å². The molecule has 118 valence electrons. The van der Waals surface area contributed by atoms with E-state index in [0.717, 1.165) is 12.1 Å². The summed E-state index contributed by atoms with van der Waals surface area (Å²) in [6, 6.07) is 14.2. The molecule has 22 heavy (non-hydrogen) atoms. The van der Waals surface area contributed by atoms with Crippen molar-refractivity contribution in [3.05, 3.63) is 65.2 Å². The van der Waals surface area contributed by atoms with Gasteiger partial charge >= 0.3 is 6.36 Å². The van der Waals surface area contributed by atoms with E-state index in [1.165, 1.54) is 23.3 Å². The molecule has 0 spiro atoms. The third-order valence-corrected chi connectivity index (χ3v) is 3.14. The van der Waals surface area contributed by atoms with Crippen LogP contribution in [0.4, 0.5) is 13.2 Å². The molecule has 2 aromatic rings. The minimum absolute atomic E-state index is 0.197. The van der Waals surface area contributed by atoms with Crippen LogP contribution in [0.2, 0.25) is 0 Å². The predicted octanol–water partition coefficient (Wildman–Crippen LogP) is 4.53. The second-order valence-corrected chi connectivity index (χ2v) is 5.35. The molecule has 0 bridgehead atoms. The Bertz CT molecular complexity index is 608. The molecular weight excluding hydrogens is 291 g/mol. The average Bonchev–Trinajstić information content (AvgIpc) is 2.39. The fourth-order valence-corrected chi connectivity index (χ4v) is 2.29. The molecule has 0 aliphatic heterocycles. The first-order valence-corrected chi connectivity index (χ1v) is 6.90. The van der Waals surface area contributed by atoms with Crippen LogP contribution in [-0.2, 0) is 13.1 Å². The second kappa shape index (κ2) is 6.83. The molecule has 2 rings (SSSR count). The number of rotatable bonds is 5. The van der Waals surface area contributed by atoms with E-state index < -0.39 is 6.36 Å². The molecular formula is C17H18F3NO. The summed E-state index contributed by atoms with van der Waals surface area (Å²) in [5, 5.41) is 0. The van der Waals surface area contributed by atoms with Gasteiger partial charge in [-0.25, -0.2) is 0 Å². The average molecular weight is 309 g/mol. The maximum atomic E-state index is 12.1. The fraction of sp³-hybridized carbons (Fsp3) is 0.294. The molecule has 2 aromatic carbocycles. The Morgan fingerprint density at radius 3 is 2.18 bits per heavy atom. The van der Waals surface area contributed by atoms with Crippen LogP contribution in [-0.4, -0.2) is 18.3 Å². The zero-order valence-electron chi connectivity index (χ0n) is 12.5. The van der Waals surface area contributed by atoms with Crippen molar-refractivity contribution in [2.75, 3.05) is 7.05 Å². The molecule has 0 saturated heterocycles. The van der Waals surface area contributed by atoms with Gasteiger partial charge in [-0.3, -0.25) is 4.90 Å². The summed E-state index contributed by atoms with van der Waals surface area (Å²) in [6.07, 6.45) is -4.65. The molecule has 0 radical (unpaired) electrons. The molecule has 0 atom stereocenters. The minimum atomic E-state index is -4.65. The van der Waals surface area contributed by atoms with Crippen LogP contribution >= 0.6 is 0 Å². The van der Waals surface area contributed by atoms with Gasteiger partial charge in [0.15, 0.2) is 0 Å². The van der Waals surface area contributed by atoms with Crippen LogP contribution in [0, 0.1) is 6.92 Å². The van der Waals surface area contributed by atoms with Gasteiger partial charge in [0.05, 0.1) is 0 Å². The number of ether oxygens (including phenoxy) is 1. The van der Waals surface area contributed by atoms with E-state index in [1.807, 2.05) is 26.1 Å². The lowest BCUT2D eigenvalue weighted by Gasteiger charge is -2.17. The van der Waals surface area contributed by atoms with Crippen LogP contribution < -0.4 is 4.74 Å². The van der Waals surface area contributed by atoms with Crippen molar-refractivity contribution in [2.24, 2.45) is 0 Å². The number of alkyl halides is 3. The van der Waals surface area contributed by atoms with Crippen molar-refractivity contribution in [1.29, 1.82) is 0 Å². The highest BCUT2D eigenvalue weighted by atomic mass is 19.4. The molecule has 2 nitrogen and oxygen atoms in total. The van der Waals surface area contributed by atoms with Crippen molar-refractivity contribution >= 4 is 0 Å². The van der Waals surface area contributed by atoms with Gasteiger partial charge in [0, 0.05) is 13.1 Å². The topological polar surface area (TPSA) is 12.5 Å². The van der Waals surface area contributed by atoms with Crippen LogP contribution in [0.1, 0.15) is 16.7 Å². The lowest BCUT2D eigenvalue weighted by atomic mass is 10.1. The highest BCUT2D eigenvalue weighted by Crippen LogP contribution is 2.23. The lowest BCUT2D eigenvalue weighted by Crippen LogP contribution is -2.18. The summed E-state index contributed by atoms with van der Waals surface area (Å²) < 4.78 is 40.1. The quantitative estimate of drug-likeness (QED) is 0.805. The summed E-state index contributed by atoms with van der Waals surface area (Å²) in [4.78, 5) is 2.11. The fourth-order valence-electron chi connectivity index (χ4n) is 2.29. The molecule has 0 aromatic heterocycles. The first kappa shape index (κ1) is 16.4. The van der Waals surface area contributed by atoms with E-state index in [2.05, 4.69) is 21.8 Å². The molecule has 0 unspecified atom stereocenters. The SMILES string of the molecule is Cc1cccc(CN(C)Cc2ccc(OC(F)(F)F)cc2)c1. The molecule has 0 N–H and O–H groups in total. The Kier molecular flexibility index (Phi) is 5.08. The van der Waals surface area contributed by atoms with Gasteiger partial charge in [-0.2, -0.15) is 0 Å². The Hall–Kier alpha value is -2.01. The molecule has 0 fully saturated rings. The standard InChI is InChI=1S/C17H18F3NO/c1-13-4-3-5-15(10-13)12-21(2)11-14-6-8-16(9-7-14)22-17(18,19)20/h3-10H,11-12H2,1-2H3. The Morgan fingerprint density at radius 2 is 1.59 bits per heavy atom. The van der Waals surface area contributed by atoms with E-state index in [-0.39, 0.29) is 5.75 Å². The number of nitrogens with zero attached hydrogens (tertiary/aromatic N) is 1. The van der Waals surface area contributed by atoms with Crippen molar-refractivity contribution in [2.45, 2.75) is 26.4 Å². The van der Waals surface area contributed by atoms with E-state index in [9.17, 15) is 13.2 Å². The Balaban J connectivity index is 1.93. The Labute approximate surface area is 128 Å². The van der Waals surface area contributed by atoms with Gasteiger partial charge in [-0.05, 0) is 37.2 Å². The molecule has 0 heterocycles. The van der Waals surface area contributed by atoms with E-state index in [1.54, 1.807) is 12.1 Å².